The fourth-order valence-corrected chi connectivity index (χ4v) is 3.81. The minimum absolute atomic E-state index is 0.144. The molecule has 6 nitrogen and oxygen atoms in total. The van der Waals surface area contributed by atoms with Gasteiger partial charge >= 0.3 is 5.97 Å². The lowest BCUT2D eigenvalue weighted by molar-refractivity contribution is 0.0687. The van der Waals surface area contributed by atoms with Gasteiger partial charge in [0.2, 0.25) is 0 Å². The van der Waals surface area contributed by atoms with Crippen molar-refractivity contribution in [3.8, 4) is 11.1 Å². The van der Waals surface area contributed by atoms with Crippen molar-refractivity contribution < 1.29 is 18.7 Å². The zero-order valence-electron chi connectivity index (χ0n) is 16.2. The number of pyridine rings is 1. The van der Waals surface area contributed by atoms with E-state index in [0.717, 1.165) is 11.5 Å². The number of H-pyrrole nitrogens is 2. The van der Waals surface area contributed by atoms with E-state index in [1.807, 2.05) is 6.07 Å². The van der Waals surface area contributed by atoms with Crippen molar-refractivity contribution in [1.82, 2.24) is 14.5 Å². The van der Waals surface area contributed by atoms with Crippen molar-refractivity contribution in [3.05, 3.63) is 95.2 Å². The van der Waals surface area contributed by atoms with Crippen molar-refractivity contribution in [1.29, 1.82) is 0 Å². The van der Waals surface area contributed by atoms with E-state index in [0.29, 0.717) is 16.4 Å². The molecule has 0 amide bonds. The average Bonchev–Trinajstić information content (AvgIpc) is 3.30. The number of rotatable bonds is 6. The van der Waals surface area contributed by atoms with Crippen molar-refractivity contribution in [2.75, 3.05) is 0 Å². The van der Waals surface area contributed by atoms with Gasteiger partial charge in [0.05, 0.1) is 23.1 Å². The predicted molar refractivity (Wildman–Crippen MR) is 115 cm³/mol. The summed E-state index contributed by atoms with van der Waals surface area (Å²) in [4.78, 5) is 30.6. The van der Waals surface area contributed by atoms with Gasteiger partial charge in [-0.05, 0) is 30.3 Å². The number of aromatic carboxylic acids is 1. The van der Waals surface area contributed by atoms with Gasteiger partial charge in [0.1, 0.15) is 17.3 Å². The summed E-state index contributed by atoms with van der Waals surface area (Å²) in [5.41, 5.74) is 0.497. The molecule has 8 heteroatoms. The van der Waals surface area contributed by atoms with Crippen molar-refractivity contribution in [2.45, 2.75) is 6.54 Å². The summed E-state index contributed by atoms with van der Waals surface area (Å²) in [6, 6.07) is 8.37. The lowest BCUT2D eigenvalue weighted by atomic mass is 10.0. The molecule has 0 aliphatic rings. The molecular weight excluding hydrogens is 404 g/mol. The molecule has 0 unspecified atom stereocenters. The fraction of sp³-hybridized carbons (Fsp3) is 0.0435. The summed E-state index contributed by atoms with van der Waals surface area (Å²) in [5, 5.41) is 11.4. The van der Waals surface area contributed by atoms with Crippen LogP contribution in [0.25, 0.3) is 32.9 Å². The van der Waals surface area contributed by atoms with Crippen LogP contribution in [0.15, 0.2) is 84.0 Å². The largest absolute Gasteiger partial charge is 0.477 e. The number of nitrogens with one attached hydrogen (secondary N) is 2. The number of nitrogens with zero attached hydrogens (tertiary/aromatic N) is 1. The first-order valence-corrected chi connectivity index (χ1v) is 9.23. The van der Waals surface area contributed by atoms with Crippen LogP contribution >= 0.6 is 0 Å². The molecule has 4 aromatic rings. The van der Waals surface area contributed by atoms with Crippen molar-refractivity contribution in [3.63, 3.8) is 0 Å². The van der Waals surface area contributed by atoms with E-state index in [2.05, 4.69) is 23.1 Å². The Bertz CT molecular complexity index is 1470. The average molecular weight is 421 g/mol. The Hall–Kier alpha value is -4.20. The monoisotopic (exact) mass is 421 g/mol. The van der Waals surface area contributed by atoms with Gasteiger partial charge in [-0.1, -0.05) is 19.2 Å². The number of allylic oxidation sites excluding steroid dienone is 4. The van der Waals surface area contributed by atoms with E-state index in [9.17, 15) is 23.5 Å². The third-order valence-corrected chi connectivity index (χ3v) is 5.05. The molecule has 0 bridgehead atoms. The highest BCUT2D eigenvalue weighted by molar-refractivity contribution is 6.17. The summed E-state index contributed by atoms with van der Waals surface area (Å²) in [6.45, 7) is 6.00. The molecule has 0 atom stereocenters. The molecule has 0 aliphatic heterocycles. The standard InChI is InChI=1S/C23H17F2N3O3/c1-12(24)10-15(13(2)25)11-28-17-6-5-14-7-9-26-20(14)19(17)18(21(28)23(30)31)16-4-3-8-27-22(16)29/h3-10,26H,1-2,11H2,(H,27,29)(H,30,31)/b15-10-. The maximum Gasteiger partial charge on any atom is 0.353 e. The molecule has 3 N–H and O–H groups in total. The van der Waals surface area contributed by atoms with Crippen molar-refractivity contribution >= 4 is 27.8 Å². The molecule has 3 aromatic heterocycles. The van der Waals surface area contributed by atoms with Gasteiger partial charge < -0.3 is 19.6 Å². The Morgan fingerprint density at radius 3 is 2.55 bits per heavy atom. The van der Waals surface area contributed by atoms with Crippen LogP contribution in [0.4, 0.5) is 8.78 Å². The van der Waals surface area contributed by atoms with E-state index in [-0.39, 0.29) is 28.9 Å². The Kier molecular flexibility index (Phi) is 4.90. The van der Waals surface area contributed by atoms with Crippen LogP contribution in [0.2, 0.25) is 0 Å². The first kappa shape index (κ1) is 20.1. The molecule has 156 valence electrons. The third kappa shape index (κ3) is 3.38. The Morgan fingerprint density at radius 2 is 1.90 bits per heavy atom. The molecular formula is C23H17F2N3O3. The van der Waals surface area contributed by atoms with Crippen LogP contribution < -0.4 is 5.56 Å². The third-order valence-electron chi connectivity index (χ3n) is 5.05. The molecule has 0 saturated heterocycles. The van der Waals surface area contributed by atoms with E-state index < -0.39 is 23.2 Å². The zero-order valence-corrected chi connectivity index (χ0v) is 16.2. The second-order valence-corrected chi connectivity index (χ2v) is 6.95. The first-order valence-electron chi connectivity index (χ1n) is 9.23. The van der Waals surface area contributed by atoms with Gasteiger partial charge in [-0.15, -0.1) is 0 Å². The summed E-state index contributed by atoms with van der Waals surface area (Å²) in [6.07, 6.45) is 4.00. The smallest absolute Gasteiger partial charge is 0.353 e. The summed E-state index contributed by atoms with van der Waals surface area (Å²) >= 11 is 0. The predicted octanol–water partition coefficient (Wildman–Crippen LogP) is 5.07. The van der Waals surface area contributed by atoms with Crippen LogP contribution in [0.5, 0.6) is 0 Å². The number of aromatic nitrogens is 3. The number of carbonyl (C=O) groups is 1. The van der Waals surface area contributed by atoms with Crippen molar-refractivity contribution in [2.24, 2.45) is 0 Å². The number of hydrogen-bond donors (Lipinski definition) is 3. The normalized spacial score (nSPS) is 11.9. The van der Waals surface area contributed by atoms with Crippen LogP contribution in [-0.2, 0) is 6.54 Å². The molecule has 3 heterocycles. The van der Waals surface area contributed by atoms with Gasteiger partial charge in [0, 0.05) is 34.3 Å². The highest BCUT2D eigenvalue weighted by Gasteiger charge is 2.27. The lowest BCUT2D eigenvalue weighted by Crippen LogP contribution is -2.14. The molecule has 1 aromatic carbocycles. The minimum Gasteiger partial charge on any atom is -0.477 e. The second kappa shape index (κ2) is 7.56. The molecule has 0 saturated carbocycles. The van der Waals surface area contributed by atoms with Gasteiger partial charge in [-0.2, -0.15) is 0 Å². The second-order valence-electron chi connectivity index (χ2n) is 6.95. The molecule has 31 heavy (non-hydrogen) atoms. The number of halogens is 2. The number of aromatic amines is 2. The number of carboxylic acid groups (broad SMARTS) is 1. The van der Waals surface area contributed by atoms with Gasteiger partial charge in [0.25, 0.3) is 5.56 Å². The van der Waals surface area contributed by atoms with Crippen LogP contribution in [0, 0.1) is 0 Å². The van der Waals surface area contributed by atoms with Gasteiger partial charge in [0.15, 0.2) is 0 Å². The summed E-state index contributed by atoms with van der Waals surface area (Å²) in [5.74, 6) is -3.14. The first-order chi connectivity index (χ1) is 14.8. The van der Waals surface area contributed by atoms with Gasteiger partial charge in [-0.25, -0.2) is 13.6 Å². The van der Waals surface area contributed by atoms with Crippen LogP contribution in [0.1, 0.15) is 10.5 Å². The lowest BCUT2D eigenvalue weighted by Gasteiger charge is -2.11. The van der Waals surface area contributed by atoms with E-state index in [1.165, 1.54) is 16.8 Å². The molecule has 0 aliphatic carbocycles. The van der Waals surface area contributed by atoms with E-state index >= 15 is 0 Å². The topological polar surface area (TPSA) is 90.9 Å². The Morgan fingerprint density at radius 1 is 1.13 bits per heavy atom. The molecule has 4 rings (SSSR count). The molecule has 0 radical (unpaired) electrons. The SMILES string of the molecule is C=C(F)/C=C(/Cn1c(C(=O)O)c(-c2ccc[nH]c2=O)c2c3[nH]ccc3ccc21)C(=C)F. The summed E-state index contributed by atoms with van der Waals surface area (Å²) < 4.78 is 28.8. The fourth-order valence-electron chi connectivity index (χ4n) is 3.81. The number of fused-ring (bicyclic) bond motifs is 3. The van der Waals surface area contributed by atoms with Gasteiger partial charge in [-0.3, -0.25) is 4.79 Å². The Balaban J connectivity index is 2.17. The molecule has 0 spiro atoms. The highest BCUT2D eigenvalue weighted by atomic mass is 19.1. The highest BCUT2D eigenvalue weighted by Crippen LogP contribution is 2.38. The number of hydrogen-bond acceptors (Lipinski definition) is 2. The Labute approximate surface area is 174 Å². The minimum atomic E-state index is -1.32. The van der Waals surface area contributed by atoms with Crippen LogP contribution in [-0.4, -0.2) is 25.6 Å². The summed E-state index contributed by atoms with van der Waals surface area (Å²) in [7, 11) is 0. The van der Waals surface area contributed by atoms with Crippen LogP contribution in [0.3, 0.4) is 0 Å². The van der Waals surface area contributed by atoms with E-state index in [4.69, 9.17) is 0 Å². The maximum absolute atomic E-state index is 14.0. The maximum atomic E-state index is 14.0. The number of benzene rings is 1. The van der Waals surface area contributed by atoms with E-state index in [1.54, 1.807) is 24.4 Å². The molecule has 0 fully saturated rings. The zero-order chi connectivity index (χ0) is 22.3. The quantitative estimate of drug-likeness (QED) is 0.380. The number of carboxylic acids is 1.